The van der Waals surface area contributed by atoms with Gasteiger partial charge in [0.1, 0.15) is 6.54 Å². The molecular formula is C12H18F3N3O2S. The van der Waals surface area contributed by atoms with Crippen LogP contribution in [0, 0.1) is 0 Å². The monoisotopic (exact) mass is 325 g/mol. The maximum absolute atomic E-state index is 12.0. The second kappa shape index (κ2) is 7.62. The van der Waals surface area contributed by atoms with Crippen LogP contribution >= 0.6 is 0 Å². The predicted octanol–water partition coefficient (Wildman–Crippen LogP) is 1.99. The van der Waals surface area contributed by atoms with Crippen molar-refractivity contribution in [2.75, 3.05) is 17.8 Å². The minimum Gasteiger partial charge on any atom is -0.313 e. The van der Waals surface area contributed by atoms with Crippen LogP contribution < -0.4 is 14.8 Å². The Kier molecular flexibility index (Phi) is 6.43. The van der Waals surface area contributed by atoms with Crippen LogP contribution in [0.2, 0.25) is 0 Å². The summed E-state index contributed by atoms with van der Waals surface area (Å²) in [5.74, 6) is 0. The van der Waals surface area contributed by atoms with Crippen molar-refractivity contribution < 1.29 is 21.6 Å². The molecule has 0 fully saturated rings. The summed E-state index contributed by atoms with van der Waals surface area (Å²) < 4.78 is 62.2. The van der Waals surface area contributed by atoms with Crippen molar-refractivity contribution in [3.05, 3.63) is 29.8 Å². The summed E-state index contributed by atoms with van der Waals surface area (Å²) in [6.07, 6.45) is -3.59. The maximum atomic E-state index is 12.0. The normalized spacial score (nSPS) is 12.4. The Balaban J connectivity index is 2.54. The van der Waals surface area contributed by atoms with E-state index in [9.17, 15) is 21.6 Å². The fourth-order valence-electron chi connectivity index (χ4n) is 1.47. The van der Waals surface area contributed by atoms with Gasteiger partial charge < -0.3 is 5.32 Å². The molecule has 0 unspecified atom stereocenters. The van der Waals surface area contributed by atoms with Gasteiger partial charge in [0.15, 0.2) is 0 Å². The lowest BCUT2D eigenvalue weighted by atomic mass is 10.2. The van der Waals surface area contributed by atoms with E-state index in [1.54, 1.807) is 12.1 Å². The Morgan fingerprint density at radius 1 is 1.14 bits per heavy atom. The van der Waals surface area contributed by atoms with E-state index >= 15 is 0 Å². The van der Waals surface area contributed by atoms with Crippen LogP contribution in [0.4, 0.5) is 18.9 Å². The molecule has 0 saturated heterocycles. The lowest BCUT2D eigenvalue weighted by molar-refractivity contribution is -0.121. The number of rotatable bonds is 8. The van der Waals surface area contributed by atoms with E-state index in [1.165, 1.54) is 16.9 Å². The van der Waals surface area contributed by atoms with Gasteiger partial charge in [-0.25, -0.2) is 0 Å². The highest BCUT2D eigenvalue weighted by Crippen LogP contribution is 2.14. The molecule has 9 heteroatoms. The molecule has 0 spiro atoms. The van der Waals surface area contributed by atoms with Crippen molar-refractivity contribution in [2.45, 2.75) is 26.1 Å². The van der Waals surface area contributed by atoms with Gasteiger partial charge in [0.05, 0.1) is 0 Å². The molecule has 1 aromatic carbocycles. The molecule has 21 heavy (non-hydrogen) atoms. The standard InChI is InChI=1S/C12H18F3N3O2S/c1-2-7-16-8-10-3-5-11(6-4-10)18-21(19,20)17-9-12(13,14)15/h3-6,16-18H,2,7-9H2,1H3. The molecule has 0 bridgehead atoms. The SMILES string of the molecule is CCCNCc1ccc(NS(=O)(=O)NCC(F)(F)F)cc1. The zero-order valence-corrected chi connectivity index (χ0v) is 12.3. The van der Waals surface area contributed by atoms with Crippen LogP contribution in [0.25, 0.3) is 0 Å². The summed E-state index contributed by atoms with van der Waals surface area (Å²) >= 11 is 0. The summed E-state index contributed by atoms with van der Waals surface area (Å²) in [6.45, 7) is 1.95. The van der Waals surface area contributed by atoms with E-state index in [2.05, 4.69) is 5.32 Å². The van der Waals surface area contributed by atoms with E-state index in [0.717, 1.165) is 18.5 Å². The zero-order chi connectivity index (χ0) is 15.9. The van der Waals surface area contributed by atoms with Crippen molar-refractivity contribution in [2.24, 2.45) is 0 Å². The lowest BCUT2D eigenvalue weighted by Gasteiger charge is -2.11. The first kappa shape index (κ1) is 17.7. The molecule has 1 rings (SSSR count). The fraction of sp³-hybridized carbons (Fsp3) is 0.500. The number of hydrogen-bond donors (Lipinski definition) is 3. The lowest BCUT2D eigenvalue weighted by Crippen LogP contribution is -2.37. The van der Waals surface area contributed by atoms with Gasteiger partial charge in [-0.05, 0) is 30.7 Å². The molecule has 0 amide bonds. The third kappa shape index (κ3) is 7.88. The van der Waals surface area contributed by atoms with Crippen molar-refractivity contribution in [1.29, 1.82) is 0 Å². The summed E-state index contributed by atoms with van der Waals surface area (Å²) in [4.78, 5) is 0. The summed E-state index contributed by atoms with van der Waals surface area (Å²) in [5.41, 5.74) is 1.15. The molecule has 0 radical (unpaired) electrons. The van der Waals surface area contributed by atoms with Crippen LogP contribution in [-0.2, 0) is 16.8 Å². The number of halogens is 3. The minimum absolute atomic E-state index is 0.198. The Hall–Kier alpha value is -1.32. The quantitative estimate of drug-likeness (QED) is 0.640. The highest BCUT2D eigenvalue weighted by Gasteiger charge is 2.29. The molecule has 0 aliphatic rings. The van der Waals surface area contributed by atoms with Gasteiger partial charge in [-0.3, -0.25) is 4.72 Å². The summed E-state index contributed by atoms with van der Waals surface area (Å²) in [6, 6.07) is 6.39. The second-order valence-corrected chi connectivity index (χ2v) is 5.92. The number of hydrogen-bond acceptors (Lipinski definition) is 3. The Morgan fingerprint density at radius 3 is 2.29 bits per heavy atom. The summed E-state index contributed by atoms with van der Waals surface area (Å²) in [5, 5.41) is 3.18. The topological polar surface area (TPSA) is 70.2 Å². The van der Waals surface area contributed by atoms with Crippen molar-refractivity contribution in [3.63, 3.8) is 0 Å². The Bertz CT molecular complexity index is 530. The van der Waals surface area contributed by atoms with Gasteiger partial charge in [0, 0.05) is 12.2 Å². The van der Waals surface area contributed by atoms with Gasteiger partial charge in [0.2, 0.25) is 0 Å². The van der Waals surface area contributed by atoms with Crippen LogP contribution in [0.3, 0.4) is 0 Å². The Morgan fingerprint density at radius 2 is 1.76 bits per heavy atom. The molecule has 0 aliphatic heterocycles. The van der Waals surface area contributed by atoms with E-state index in [1.807, 2.05) is 11.6 Å². The van der Waals surface area contributed by atoms with E-state index < -0.39 is 22.9 Å². The fourth-order valence-corrected chi connectivity index (χ4v) is 2.34. The van der Waals surface area contributed by atoms with Crippen LogP contribution in [-0.4, -0.2) is 27.7 Å². The molecular weight excluding hydrogens is 307 g/mol. The highest BCUT2D eigenvalue weighted by molar-refractivity contribution is 7.90. The summed E-state index contributed by atoms with van der Waals surface area (Å²) in [7, 11) is -4.24. The average molecular weight is 325 g/mol. The first-order valence-corrected chi connectivity index (χ1v) is 7.84. The van der Waals surface area contributed by atoms with Crippen LogP contribution in [0.5, 0.6) is 0 Å². The second-order valence-electron chi connectivity index (χ2n) is 4.42. The van der Waals surface area contributed by atoms with Gasteiger partial charge in [-0.2, -0.15) is 26.3 Å². The molecule has 0 heterocycles. The highest BCUT2D eigenvalue weighted by atomic mass is 32.2. The van der Waals surface area contributed by atoms with E-state index in [4.69, 9.17) is 0 Å². The smallest absolute Gasteiger partial charge is 0.313 e. The first-order chi connectivity index (χ1) is 9.72. The number of anilines is 1. The zero-order valence-electron chi connectivity index (χ0n) is 11.5. The van der Waals surface area contributed by atoms with E-state index in [-0.39, 0.29) is 5.69 Å². The molecule has 0 aliphatic carbocycles. The van der Waals surface area contributed by atoms with Crippen LogP contribution in [0.1, 0.15) is 18.9 Å². The minimum atomic E-state index is -4.59. The molecule has 5 nitrogen and oxygen atoms in total. The Labute approximate surface area is 122 Å². The van der Waals surface area contributed by atoms with Gasteiger partial charge in [-0.1, -0.05) is 19.1 Å². The molecule has 0 atom stereocenters. The van der Waals surface area contributed by atoms with Gasteiger partial charge in [-0.15, -0.1) is 0 Å². The third-order valence-corrected chi connectivity index (χ3v) is 3.45. The molecule has 120 valence electrons. The molecule has 3 N–H and O–H groups in total. The number of alkyl halides is 3. The number of nitrogens with one attached hydrogen (secondary N) is 3. The van der Waals surface area contributed by atoms with Crippen molar-refractivity contribution in [3.8, 4) is 0 Å². The molecule has 0 saturated carbocycles. The predicted molar refractivity (Wildman–Crippen MR) is 75.0 cm³/mol. The van der Waals surface area contributed by atoms with E-state index in [0.29, 0.717) is 6.54 Å². The van der Waals surface area contributed by atoms with Gasteiger partial charge >= 0.3 is 6.18 Å². The third-order valence-electron chi connectivity index (χ3n) is 2.42. The number of benzene rings is 1. The molecule has 1 aromatic rings. The average Bonchev–Trinajstić information content (AvgIpc) is 2.38. The van der Waals surface area contributed by atoms with Crippen molar-refractivity contribution in [1.82, 2.24) is 10.0 Å². The van der Waals surface area contributed by atoms with Crippen LogP contribution in [0.15, 0.2) is 24.3 Å². The largest absolute Gasteiger partial charge is 0.402 e. The van der Waals surface area contributed by atoms with Gasteiger partial charge in [0.25, 0.3) is 10.2 Å². The molecule has 0 aromatic heterocycles. The first-order valence-electron chi connectivity index (χ1n) is 6.35. The maximum Gasteiger partial charge on any atom is 0.402 e. The van der Waals surface area contributed by atoms with Crippen molar-refractivity contribution >= 4 is 15.9 Å².